The second kappa shape index (κ2) is 7.49. The van der Waals surface area contributed by atoms with Gasteiger partial charge in [0.1, 0.15) is 0 Å². The molecule has 0 spiro atoms. The molecule has 0 fully saturated rings. The summed E-state index contributed by atoms with van der Waals surface area (Å²) in [5.41, 5.74) is 6.65. The Morgan fingerprint density at radius 2 is 1.95 bits per heavy atom. The van der Waals surface area contributed by atoms with E-state index in [2.05, 4.69) is 13.8 Å². The van der Waals surface area contributed by atoms with Crippen LogP contribution in [0.5, 0.6) is 11.5 Å². The highest BCUT2D eigenvalue weighted by Crippen LogP contribution is 2.30. The van der Waals surface area contributed by atoms with E-state index in [-0.39, 0.29) is 11.9 Å². The van der Waals surface area contributed by atoms with Gasteiger partial charge >= 0.3 is 0 Å². The molecule has 1 amide bonds. The molecule has 1 aromatic rings. The van der Waals surface area contributed by atoms with Crippen LogP contribution in [0.3, 0.4) is 0 Å². The lowest BCUT2D eigenvalue weighted by Gasteiger charge is -2.22. The quantitative estimate of drug-likeness (QED) is 0.906. The molecule has 1 heterocycles. The van der Waals surface area contributed by atoms with Gasteiger partial charge in [-0.05, 0) is 30.5 Å². The van der Waals surface area contributed by atoms with Crippen molar-refractivity contribution in [2.75, 3.05) is 26.8 Å². The van der Waals surface area contributed by atoms with Gasteiger partial charge in [-0.1, -0.05) is 13.8 Å². The topological polar surface area (TPSA) is 64.8 Å². The molecule has 122 valence electrons. The summed E-state index contributed by atoms with van der Waals surface area (Å²) in [6, 6.07) is 5.47. The van der Waals surface area contributed by atoms with E-state index in [1.807, 2.05) is 6.07 Å². The van der Waals surface area contributed by atoms with E-state index >= 15 is 0 Å². The second-order valence-electron chi connectivity index (χ2n) is 6.14. The van der Waals surface area contributed by atoms with Crippen LogP contribution >= 0.6 is 0 Å². The SMILES string of the molecule is CC(C)C(N)CCN(C)C(=O)c1ccc2c(c1)OCCCO2. The van der Waals surface area contributed by atoms with Crippen LogP contribution in [0.2, 0.25) is 0 Å². The van der Waals surface area contributed by atoms with Crippen molar-refractivity contribution in [1.82, 2.24) is 4.90 Å². The summed E-state index contributed by atoms with van der Waals surface area (Å²) in [4.78, 5) is 14.2. The van der Waals surface area contributed by atoms with Gasteiger partial charge < -0.3 is 20.1 Å². The molecule has 2 rings (SSSR count). The number of amides is 1. The largest absolute Gasteiger partial charge is 0.490 e. The Labute approximate surface area is 132 Å². The maximum Gasteiger partial charge on any atom is 0.253 e. The van der Waals surface area contributed by atoms with Crippen LogP contribution in [0.1, 0.15) is 37.0 Å². The molecular formula is C17H26N2O3. The van der Waals surface area contributed by atoms with Crippen molar-refractivity contribution < 1.29 is 14.3 Å². The van der Waals surface area contributed by atoms with Crippen LogP contribution in [0.25, 0.3) is 0 Å². The maximum atomic E-state index is 12.5. The van der Waals surface area contributed by atoms with Crippen molar-refractivity contribution in [3.8, 4) is 11.5 Å². The van der Waals surface area contributed by atoms with E-state index in [1.165, 1.54) is 0 Å². The highest BCUT2D eigenvalue weighted by atomic mass is 16.5. The number of hydrogen-bond donors (Lipinski definition) is 1. The summed E-state index contributed by atoms with van der Waals surface area (Å²) < 4.78 is 11.2. The van der Waals surface area contributed by atoms with Gasteiger partial charge in [-0.2, -0.15) is 0 Å². The van der Waals surface area contributed by atoms with Crippen LogP contribution in [0.15, 0.2) is 18.2 Å². The molecule has 1 aliphatic heterocycles. The molecule has 0 aromatic heterocycles. The van der Waals surface area contributed by atoms with Crippen LogP contribution in [-0.2, 0) is 0 Å². The van der Waals surface area contributed by atoms with Gasteiger partial charge in [0, 0.05) is 31.6 Å². The number of nitrogens with zero attached hydrogens (tertiary/aromatic N) is 1. The van der Waals surface area contributed by atoms with Crippen LogP contribution in [0.4, 0.5) is 0 Å². The molecule has 5 nitrogen and oxygen atoms in total. The standard InChI is InChI=1S/C17H26N2O3/c1-12(2)14(18)7-8-19(3)17(20)13-5-6-15-16(11-13)22-10-4-9-21-15/h5-6,11-12,14H,4,7-10,18H2,1-3H3. The number of hydrogen-bond acceptors (Lipinski definition) is 4. The molecule has 1 atom stereocenters. The fourth-order valence-electron chi connectivity index (χ4n) is 2.29. The first-order chi connectivity index (χ1) is 10.5. The van der Waals surface area contributed by atoms with Crippen molar-refractivity contribution in [2.45, 2.75) is 32.7 Å². The van der Waals surface area contributed by atoms with Crippen molar-refractivity contribution in [2.24, 2.45) is 11.7 Å². The average molecular weight is 306 g/mol. The normalized spacial score (nSPS) is 15.3. The fourth-order valence-corrected chi connectivity index (χ4v) is 2.29. The zero-order chi connectivity index (χ0) is 16.1. The molecule has 2 N–H and O–H groups in total. The number of fused-ring (bicyclic) bond motifs is 1. The van der Waals surface area contributed by atoms with Gasteiger partial charge in [0.2, 0.25) is 0 Å². The van der Waals surface area contributed by atoms with Gasteiger partial charge in [-0.25, -0.2) is 0 Å². The van der Waals surface area contributed by atoms with Crippen LogP contribution in [0, 0.1) is 5.92 Å². The molecule has 1 unspecified atom stereocenters. The predicted molar refractivity (Wildman–Crippen MR) is 86.4 cm³/mol. The summed E-state index contributed by atoms with van der Waals surface area (Å²) in [6.07, 6.45) is 1.65. The summed E-state index contributed by atoms with van der Waals surface area (Å²) in [7, 11) is 1.80. The van der Waals surface area contributed by atoms with Gasteiger partial charge in [0.25, 0.3) is 5.91 Å². The predicted octanol–water partition coefficient (Wildman–Crippen LogP) is 2.29. The number of ether oxygens (including phenoxy) is 2. The van der Waals surface area contributed by atoms with Gasteiger partial charge in [0.15, 0.2) is 11.5 Å². The summed E-state index contributed by atoms with van der Waals surface area (Å²) in [6.45, 7) is 6.09. The third-order valence-electron chi connectivity index (χ3n) is 4.00. The zero-order valence-corrected chi connectivity index (χ0v) is 13.7. The Bertz CT molecular complexity index is 517. The Morgan fingerprint density at radius 3 is 2.64 bits per heavy atom. The Balaban J connectivity index is 2.01. The van der Waals surface area contributed by atoms with Gasteiger partial charge in [-0.3, -0.25) is 4.79 Å². The minimum Gasteiger partial charge on any atom is -0.490 e. The first-order valence-electron chi connectivity index (χ1n) is 7.89. The number of carbonyl (C=O) groups excluding carboxylic acids is 1. The molecular weight excluding hydrogens is 280 g/mol. The first-order valence-corrected chi connectivity index (χ1v) is 7.89. The number of nitrogens with two attached hydrogens (primary N) is 1. The summed E-state index contributed by atoms with van der Waals surface area (Å²) in [5, 5.41) is 0. The van der Waals surface area contributed by atoms with E-state index < -0.39 is 0 Å². The van der Waals surface area contributed by atoms with Gasteiger partial charge in [-0.15, -0.1) is 0 Å². The third-order valence-corrected chi connectivity index (χ3v) is 4.00. The van der Waals surface area contributed by atoms with E-state index in [0.717, 1.165) is 12.8 Å². The molecule has 0 saturated heterocycles. The zero-order valence-electron chi connectivity index (χ0n) is 13.7. The lowest BCUT2D eigenvalue weighted by Crippen LogP contribution is -2.34. The Hall–Kier alpha value is -1.75. The van der Waals surface area contributed by atoms with E-state index in [1.54, 1.807) is 24.1 Å². The highest BCUT2D eigenvalue weighted by molar-refractivity contribution is 5.94. The summed E-state index contributed by atoms with van der Waals surface area (Å²) in [5.74, 6) is 1.75. The molecule has 0 aliphatic carbocycles. The summed E-state index contributed by atoms with van der Waals surface area (Å²) >= 11 is 0. The third kappa shape index (κ3) is 4.13. The van der Waals surface area contributed by atoms with Crippen LogP contribution in [-0.4, -0.2) is 43.7 Å². The molecule has 1 aromatic carbocycles. The number of carbonyl (C=O) groups is 1. The van der Waals surface area contributed by atoms with Crippen molar-refractivity contribution in [1.29, 1.82) is 0 Å². The van der Waals surface area contributed by atoms with Gasteiger partial charge in [0.05, 0.1) is 13.2 Å². The average Bonchev–Trinajstić information content (AvgIpc) is 2.75. The van der Waals surface area contributed by atoms with Crippen molar-refractivity contribution in [3.05, 3.63) is 23.8 Å². The maximum absolute atomic E-state index is 12.5. The monoisotopic (exact) mass is 306 g/mol. The highest BCUT2D eigenvalue weighted by Gasteiger charge is 2.17. The minimum absolute atomic E-state index is 0.0217. The lowest BCUT2D eigenvalue weighted by molar-refractivity contribution is 0.0788. The molecule has 22 heavy (non-hydrogen) atoms. The van der Waals surface area contributed by atoms with Crippen LogP contribution < -0.4 is 15.2 Å². The Kier molecular flexibility index (Phi) is 5.66. The molecule has 0 saturated carbocycles. The smallest absolute Gasteiger partial charge is 0.253 e. The molecule has 5 heteroatoms. The molecule has 0 radical (unpaired) electrons. The van der Waals surface area contributed by atoms with Crippen molar-refractivity contribution >= 4 is 5.91 Å². The van der Waals surface area contributed by atoms with E-state index in [4.69, 9.17) is 15.2 Å². The van der Waals surface area contributed by atoms with Crippen molar-refractivity contribution in [3.63, 3.8) is 0 Å². The second-order valence-corrected chi connectivity index (χ2v) is 6.14. The van der Waals surface area contributed by atoms with E-state index in [0.29, 0.717) is 42.7 Å². The Morgan fingerprint density at radius 1 is 1.27 bits per heavy atom. The first kappa shape index (κ1) is 16.6. The number of rotatable bonds is 5. The minimum atomic E-state index is -0.0217. The van der Waals surface area contributed by atoms with E-state index in [9.17, 15) is 4.79 Å². The molecule has 0 bridgehead atoms. The fraction of sp³-hybridized carbons (Fsp3) is 0.588. The number of benzene rings is 1. The molecule has 1 aliphatic rings. The lowest BCUT2D eigenvalue weighted by atomic mass is 10.0.